The second-order valence-electron chi connectivity index (χ2n) is 8.57. The Morgan fingerprint density at radius 1 is 1.31 bits per heavy atom. The number of esters is 1. The zero-order valence-corrected chi connectivity index (χ0v) is 20.6. The SMILES string of the molecule is CCOCO[C@@H]1[C@H](O)[C@@H](COC(=O)CCC(C)=O)O[C@H]1n1cnc2c(=O)[nH]c(NC(=O)C(C)C)nc21. The number of aliphatic hydroxyl groups is 1. The van der Waals surface area contributed by atoms with E-state index in [9.17, 15) is 24.3 Å². The molecule has 3 N–H and O–H groups in total. The third kappa shape index (κ3) is 6.51. The number of hydrogen-bond donors (Lipinski definition) is 3. The minimum atomic E-state index is -1.24. The summed E-state index contributed by atoms with van der Waals surface area (Å²) in [5, 5.41) is 13.4. The van der Waals surface area contributed by atoms with Crippen molar-refractivity contribution in [2.75, 3.05) is 25.3 Å². The predicted molar refractivity (Wildman–Crippen MR) is 124 cm³/mol. The Morgan fingerprint density at radius 2 is 2.06 bits per heavy atom. The van der Waals surface area contributed by atoms with E-state index in [0.717, 1.165) is 0 Å². The summed E-state index contributed by atoms with van der Waals surface area (Å²) in [5.74, 6) is -1.52. The number of Topliss-reactive ketones (excluding diaryl/α,β-unsaturated/α-hetero) is 1. The molecule has 0 radical (unpaired) electrons. The van der Waals surface area contributed by atoms with Crippen molar-refractivity contribution in [3.05, 3.63) is 16.7 Å². The van der Waals surface area contributed by atoms with Gasteiger partial charge in [0.1, 0.15) is 37.5 Å². The van der Waals surface area contributed by atoms with Gasteiger partial charge in [0.2, 0.25) is 11.9 Å². The first-order valence-electron chi connectivity index (χ1n) is 11.6. The van der Waals surface area contributed by atoms with Gasteiger partial charge in [0.05, 0.1) is 12.7 Å². The van der Waals surface area contributed by atoms with Crippen LogP contribution in [-0.4, -0.2) is 80.6 Å². The van der Waals surface area contributed by atoms with Gasteiger partial charge in [-0.3, -0.25) is 29.3 Å². The average molecular weight is 510 g/mol. The van der Waals surface area contributed by atoms with E-state index < -0.39 is 36.1 Å². The fourth-order valence-electron chi connectivity index (χ4n) is 3.43. The monoisotopic (exact) mass is 509 g/mol. The van der Waals surface area contributed by atoms with Crippen molar-refractivity contribution in [3.8, 4) is 0 Å². The Balaban J connectivity index is 1.86. The molecular formula is C22H31N5O9. The van der Waals surface area contributed by atoms with Crippen LogP contribution in [0, 0.1) is 5.92 Å². The number of nitrogens with zero attached hydrogens (tertiary/aromatic N) is 3. The van der Waals surface area contributed by atoms with Gasteiger partial charge in [-0.25, -0.2) is 4.98 Å². The number of carbonyl (C=O) groups excluding carboxylic acids is 3. The van der Waals surface area contributed by atoms with E-state index in [1.807, 2.05) is 0 Å². The highest BCUT2D eigenvalue weighted by atomic mass is 16.7. The van der Waals surface area contributed by atoms with Gasteiger partial charge < -0.3 is 28.8 Å². The van der Waals surface area contributed by atoms with Crippen LogP contribution in [0.15, 0.2) is 11.1 Å². The summed E-state index contributed by atoms with van der Waals surface area (Å²) in [4.78, 5) is 58.5. The number of H-pyrrole nitrogens is 1. The molecule has 1 fully saturated rings. The summed E-state index contributed by atoms with van der Waals surface area (Å²) >= 11 is 0. The molecule has 14 nitrogen and oxygen atoms in total. The normalized spacial score (nSPS) is 21.7. The highest BCUT2D eigenvalue weighted by Crippen LogP contribution is 2.33. The number of aromatic amines is 1. The van der Waals surface area contributed by atoms with Gasteiger partial charge in [-0.15, -0.1) is 0 Å². The van der Waals surface area contributed by atoms with Crippen LogP contribution in [0.3, 0.4) is 0 Å². The second-order valence-corrected chi connectivity index (χ2v) is 8.57. The maximum absolute atomic E-state index is 12.5. The van der Waals surface area contributed by atoms with Crippen LogP contribution < -0.4 is 10.9 Å². The number of aromatic nitrogens is 4. The Bertz CT molecular complexity index is 1140. The summed E-state index contributed by atoms with van der Waals surface area (Å²) in [6.45, 7) is 6.46. The molecule has 2 aromatic rings. The average Bonchev–Trinajstić information content (AvgIpc) is 3.37. The fourth-order valence-corrected chi connectivity index (χ4v) is 3.43. The quantitative estimate of drug-likeness (QED) is 0.203. The Morgan fingerprint density at radius 3 is 2.72 bits per heavy atom. The van der Waals surface area contributed by atoms with E-state index in [-0.39, 0.29) is 61.0 Å². The first-order chi connectivity index (χ1) is 17.1. The molecule has 0 spiro atoms. The number of imidazole rings is 1. The lowest BCUT2D eigenvalue weighted by Gasteiger charge is -2.21. The lowest BCUT2D eigenvalue weighted by molar-refractivity contribution is -0.151. The number of fused-ring (bicyclic) bond motifs is 1. The minimum Gasteiger partial charge on any atom is -0.463 e. The fraction of sp³-hybridized carbons (Fsp3) is 0.636. The van der Waals surface area contributed by atoms with Crippen LogP contribution in [0.2, 0.25) is 0 Å². The number of hydrogen-bond acceptors (Lipinski definition) is 11. The summed E-state index contributed by atoms with van der Waals surface area (Å²) in [5.41, 5.74) is -0.517. The molecule has 3 rings (SSSR count). The van der Waals surface area contributed by atoms with Crippen molar-refractivity contribution in [1.82, 2.24) is 19.5 Å². The highest BCUT2D eigenvalue weighted by molar-refractivity contribution is 5.91. The van der Waals surface area contributed by atoms with Crippen LogP contribution in [0.25, 0.3) is 11.2 Å². The van der Waals surface area contributed by atoms with E-state index in [1.165, 1.54) is 17.8 Å². The van der Waals surface area contributed by atoms with Crippen LogP contribution in [-0.2, 0) is 33.3 Å². The van der Waals surface area contributed by atoms with Crippen LogP contribution >= 0.6 is 0 Å². The van der Waals surface area contributed by atoms with Crippen LogP contribution in [0.5, 0.6) is 0 Å². The zero-order valence-electron chi connectivity index (χ0n) is 20.6. The van der Waals surface area contributed by atoms with Crippen molar-refractivity contribution < 1.29 is 38.4 Å². The molecule has 1 aliphatic heterocycles. The van der Waals surface area contributed by atoms with Crippen molar-refractivity contribution in [2.45, 2.75) is 65.1 Å². The van der Waals surface area contributed by atoms with Gasteiger partial charge >= 0.3 is 5.97 Å². The number of amides is 1. The van der Waals surface area contributed by atoms with Crippen LogP contribution in [0.1, 0.15) is 46.8 Å². The topological polar surface area (TPSA) is 184 Å². The van der Waals surface area contributed by atoms with E-state index in [0.29, 0.717) is 6.61 Å². The van der Waals surface area contributed by atoms with Gasteiger partial charge in [0.15, 0.2) is 17.4 Å². The maximum atomic E-state index is 12.5. The van der Waals surface area contributed by atoms with Crippen LogP contribution in [0.4, 0.5) is 5.95 Å². The lowest BCUT2D eigenvalue weighted by atomic mass is 10.1. The molecule has 0 bridgehead atoms. The first kappa shape index (κ1) is 27.4. The third-order valence-corrected chi connectivity index (χ3v) is 5.42. The molecule has 4 atom stereocenters. The first-order valence-corrected chi connectivity index (χ1v) is 11.6. The van der Waals surface area contributed by atoms with Gasteiger partial charge in [-0.05, 0) is 13.8 Å². The molecule has 198 valence electrons. The smallest absolute Gasteiger partial charge is 0.306 e. The van der Waals surface area contributed by atoms with Gasteiger partial charge in [0.25, 0.3) is 5.56 Å². The Hall–Kier alpha value is -3.20. The molecule has 1 saturated heterocycles. The third-order valence-electron chi connectivity index (χ3n) is 5.42. The Labute approximate surface area is 206 Å². The van der Waals surface area contributed by atoms with Crippen molar-refractivity contribution in [3.63, 3.8) is 0 Å². The molecule has 14 heteroatoms. The summed E-state index contributed by atoms with van der Waals surface area (Å²) in [6.07, 6.45) is -2.98. The summed E-state index contributed by atoms with van der Waals surface area (Å²) in [7, 11) is 0. The van der Waals surface area contributed by atoms with E-state index in [4.69, 9.17) is 18.9 Å². The van der Waals surface area contributed by atoms with Crippen molar-refractivity contribution in [2.24, 2.45) is 5.92 Å². The molecule has 0 unspecified atom stereocenters. The van der Waals surface area contributed by atoms with Gasteiger partial charge in [0, 0.05) is 18.9 Å². The Kier molecular flexibility index (Phi) is 9.25. The number of aliphatic hydroxyl groups excluding tert-OH is 1. The summed E-state index contributed by atoms with van der Waals surface area (Å²) < 4.78 is 23.5. The van der Waals surface area contributed by atoms with Crippen molar-refractivity contribution in [1.29, 1.82) is 0 Å². The lowest BCUT2D eigenvalue weighted by Crippen LogP contribution is -2.37. The van der Waals surface area contributed by atoms with E-state index in [2.05, 4.69) is 20.3 Å². The van der Waals surface area contributed by atoms with E-state index in [1.54, 1.807) is 20.8 Å². The number of ether oxygens (including phenoxy) is 4. The predicted octanol–water partition coefficient (Wildman–Crippen LogP) is 0.264. The second kappa shape index (κ2) is 12.2. The molecule has 1 aliphatic rings. The minimum absolute atomic E-state index is 0.0155. The zero-order chi connectivity index (χ0) is 26.4. The number of carbonyl (C=O) groups is 3. The van der Waals surface area contributed by atoms with E-state index >= 15 is 0 Å². The molecule has 1 amide bonds. The molecule has 2 aromatic heterocycles. The molecule has 0 saturated carbocycles. The largest absolute Gasteiger partial charge is 0.463 e. The van der Waals surface area contributed by atoms with Gasteiger partial charge in [-0.1, -0.05) is 13.8 Å². The standard InChI is InChI=1S/C22H31N5O9/c1-5-33-10-35-17-16(30)13(8-34-14(29)7-6-12(4)28)36-21(17)27-9-23-15-18(27)24-22(26-20(15)32)25-19(31)11(2)3/h9,11,13,16-17,21,30H,5-8,10H2,1-4H3,(H2,24,25,26,31,32)/t13-,16-,17-,21-/m1/s1. The molecule has 36 heavy (non-hydrogen) atoms. The number of nitrogens with one attached hydrogen (secondary N) is 2. The molecule has 0 aliphatic carbocycles. The molecule has 3 heterocycles. The maximum Gasteiger partial charge on any atom is 0.306 e. The van der Waals surface area contributed by atoms with Gasteiger partial charge in [-0.2, -0.15) is 4.98 Å². The molecular weight excluding hydrogens is 478 g/mol. The highest BCUT2D eigenvalue weighted by Gasteiger charge is 2.47. The summed E-state index contributed by atoms with van der Waals surface area (Å²) in [6, 6.07) is 0. The number of anilines is 1. The number of rotatable bonds is 12. The number of ketones is 1. The van der Waals surface area contributed by atoms with Crippen molar-refractivity contribution >= 4 is 34.8 Å². The molecule has 0 aromatic carbocycles.